The van der Waals surface area contributed by atoms with Gasteiger partial charge < -0.3 is 20.3 Å². The second kappa shape index (κ2) is 6.55. The van der Waals surface area contributed by atoms with E-state index in [1.54, 1.807) is 6.92 Å². The van der Waals surface area contributed by atoms with Crippen molar-refractivity contribution in [2.24, 2.45) is 0 Å². The molecule has 8 heteroatoms. The van der Waals surface area contributed by atoms with Gasteiger partial charge in [0.1, 0.15) is 0 Å². The summed E-state index contributed by atoms with van der Waals surface area (Å²) in [6, 6.07) is -0.408. The van der Waals surface area contributed by atoms with Crippen LogP contribution in [-0.4, -0.2) is 32.8 Å². The Bertz CT molecular complexity index is 508. The minimum absolute atomic E-state index is 0.0555. The van der Waals surface area contributed by atoms with Gasteiger partial charge in [0.05, 0.1) is 18.5 Å². The van der Waals surface area contributed by atoms with E-state index in [2.05, 4.69) is 20.8 Å². The van der Waals surface area contributed by atoms with Gasteiger partial charge in [0.25, 0.3) is 0 Å². The van der Waals surface area contributed by atoms with Gasteiger partial charge in [-0.15, -0.1) is 0 Å². The molecule has 0 atom stereocenters. The van der Waals surface area contributed by atoms with E-state index in [0.29, 0.717) is 24.6 Å². The predicted octanol–water partition coefficient (Wildman–Crippen LogP) is 1.35. The molecule has 0 unspecified atom stereocenters. The first-order chi connectivity index (χ1) is 9.99. The SMILES string of the molecule is Cc1noc(CNC(=O)NC2(CC(=O)O)CCCCC2)n1. The van der Waals surface area contributed by atoms with Crippen LogP contribution in [0.3, 0.4) is 0 Å². The zero-order valence-corrected chi connectivity index (χ0v) is 12.0. The molecule has 1 saturated carbocycles. The molecule has 0 aliphatic heterocycles. The fourth-order valence-electron chi connectivity index (χ4n) is 2.72. The van der Waals surface area contributed by atoms with Crippen molar-refractivity contribution >= 4 is 12.0 Å². The van der Waals surface area contributed by atoms with Crippen molar-refractivity contribution in [3.63, 3.8) is 0 Å². The highest BCUT2D eigenvalue weighted by atomic mass is 16.5. The summed E-state index contributed by atoms with van der Waals surface area (Å²) in [5, 5.41) is 18.1. The van der Waals surface area contributed by atoms with E-state index >= 15 is 0 Å². The zero-order valence-electron chi connectivity index (χ0n) is 12.0. The van der Waals surface area contributed by atoms with Crippen molar-refractivity contribution in [2.45, 2.75) is 57.5 Å². The van der Waals surface area contributed by atoms with Gasteiger partial charge in [0, 0.05) is 0 Å². The largest absolute Gasteiger partial charge is 0.481 e. The minimum atomic E-state index is -0.898. The van der Waals surface area contributed by atoms with Crippen LogP contribution in [0, 0.1) is 6.92 Å². The van der Waals surface area contributed by atoms with Crippen LogP contribution in [-0.2, 0) is 11.3 Å². The maximum absolute atomic E-state index is 12.0. The normalized spacial score (nSPS) is 17.2. The Morgan fingerprint density at radius 3 is 2.62 bits per heavy atom. The molecule has 116 valence electrons. The standard InChI is InChI=1S/C13H20N4O4/c1-9-15-10(21-17-9)8-14-12(20)16-13(7-11(18)19)5-3-2-4-6-13/h2-8H2,1H3,(H,18,19)(H2,14,16,20). The molecule has 21 heavy (non-hydrogen) atoms. The number of aryl methyl sites for hydroxylation is 1. The number of carbonyl (C=O) groups excluding carboxylic acids is 1. The molecule has 0 saturated heterocycles. The van der Waals surface area contributed by atoms with Gasteiger partial charge in [-0.25, -0.2) is 4.79 Å². The highest BCUT2D eigenvalue weighted by molar-refractivity contribution is 5.76. The molecule has 1 aliphatic rings. The number of nitrogens with one attached hydrogen (secondary N) is 2. The van der Waals surface area contributed by atoms with Crippen molar-refractivity contribution in [2.75, 3.05) is 0 Å². The van der Waals surface area contributed by atoms with Crippen LogP contribution in [0.15, 0.2) is 4.52 Å². The van der Waals surface area contributed by atoms with E-state index in [9.17, 15) is 9.59 Å². The number of carboxylic acids is 1. The fourth-order valence-corrected chi connectivity index (χ4v) is 2.72. The Hall–Kier alpha value is -2.12. The Morgan fingerprint density at radius 1 is 1.33 bits per heavy atom. The molecule has 1 aromatic heterocycles. The molecule has 3 N–H and O–H groups in total. The molecule has 1 aliphatic carbocycles. The third-order valence-electron chi connectivity index (χ3n) is 3.65. The van der Waals surface area contributed by atoms with Crippen molar-refractivity contribution < 1.29 is 19.2 Å². The number of carbonyl (C=O) groups is 2. The van der Waals surface area contributed by atoms with Crippen molar-refractivity contribution in [3.05, 3.63) is 11.7 Å². The monoisotopic (exact) mass is 296 g/mol. The van der Waals surface area contributed by atoms with E-state index in [-0.39, 0.29) is 13.0 Å². The molecule has 1 fully saturated rings. The second-order valence-corrected chi connectivity index (χ2v) is 5.45. The number of urea groups is 1. The summed E-state index contributed by atoms with van der Waals surface area (Å²) in [5.41, 5.74) is -0.654. The molecule has 0 radical (unpaired) electrons. The lowest BCUT2D eigenvalue weighted by Gasteiger charge is -2.36. The Balaban J connectivity index is 1.89. The molecule has 2 rings (SSSR count). The topological polar surface area (TPSA) is 117 Å². The number of nitrogens with zero attached hydrogens (tertiary/aromatic N) is 2. The van der Waals surface area contributed by atoms with Gasteiger partial charge in [0.15, 0.2) is 5.82 Å². The van der Waals surface area contributed by atoms with E-state index in [0.717, 1.165) is 19.3 Å². The first-order valence-electron chi connectivity index (χ1n) is 7.06. The van der Waals surface area contributed by atoms with Gasteiger partial charge in [-0.3, -0.25) is 4.79 Å². The lowest BCUT2D eigenvalue weighted by atomic mass is 9.79. The Morgan fingerprint density at radius 2 is 2.05 bits per heavy atom. The first kappa shape index (κ1) is 15.3. The van der Waals surface area contributed by atoms with Crippen LogP contribution in [0.1, 0.15) is 50.2 Å². The van der Waals surface area contributed by atoms with Crippen molar-refractivity contribution in [3.8, 4) is 0 Å². The average molecular weight is 296 g/mol. The number of amides is 2. The van der Waals surface area contributed by atoms with E-state index in [1.807, 2.05) is 0 Å². The first-order valence-corrected chi connectivity index (χ1v) is 7.06. The Kier molecular flexibility index (Phi) is 4.77. The summed E-state index contributed by atoms with van der Waals surface area (Å²) in [4.78, 5) is 27.0. The van der Waals surface area contributed by atoms with Crippen molar-refractivity contribution in [1.82, 2.24) is 20.8 Å². The zero-order chi connectivity index (χ0) is 15.3. The summed E-state index contributed by atoms with van der Waals surface area (Å²) in [5.74, 6) is -0.0786. The number of aliphatic carboxylic acids is 1. The van der Waals surface area contributed by atoms with Crippen LogP contribution < -0.4 is 10.6 Å². The third kappa shape index (κ3) is 4.44. The number of hydrogen-bond acceptors (Lipinski definition) is 5. The summed E-state index contributed by atoms with van der Waals surface area (Å²) in [6.07, 6.45) is 4.25. The summed E-state index contributed by atoms with van der Waals surface area (Å²) in [7, 11) is 0. The summed E-state index contributed by atoms with van der Waals surface area (Å²) >= 11 is 0. The van der Waals surface area contributed by atoms with Crippen LogP contribution in [0.2, 0.25) is 0 Å². The molecule has 0 aromatic carbocycles. The maximum Gasteiger partial charge on any atom is 0.315 e. The molecule has 2 amide bonds. The average Bonchev–Trinajstić information content (AvgIpc) is 2.82. The molecule has 1 heterocycles. The predicted molar refractivity (Wildman–Crippen MR) is 72.5 cm³/mol. The number of aromatic nitrogens is 2. The molecular weight excluding hydrogens is 276 g/mol. The fraction of sp³-hybridized carbons (Fsp3) is 0.692. The van der Waals surface area contributed by atoms with E-state index < -0.39 is 17.5 Å². The van der Waals surface area contributed by atoms with Gasteiger partial charge >= 0.3 is 12.0 Å². The van der Waals surface area contributed by atoms with Gasteiger partial charge in [0.2, 0.25) is 5.89 Å². The number of carboxylic acid groups (broad SMARTS) is 1. The van der Waals surface area contributed by atoms with Crippen LogP contribution >= 0.6 is 0 Å². The number of hydrogen-bond donors (Lipinski definition) is 3. The Labute approximate surface area is 122 Å². The quantitative estimate of drug-likeness (QED) is 0.755. The molecular formula is C13H20N4O4. The lowest BCUT2D eigenvalue weighted by molar-refractivity contribution is -0.139. The van der Waals surface area contributed by atoms with Crippen molar-refractivity contribution in [1.29, 1.82) is 0 Å². The number of rotatable bonds is 5. The maximum atomic E-state index is 12.0. The van der Waals surface area contributed by atoms with E-state index in [4.69, 9.17) is 9.63 Å². The second-order valence-electron chi connectivity index (χ2n) is 5.45. The van der Waals surface area contributed by atoms with Crippen LogP contribution in [0.25, 0.3) is 0 Å². The molecule has 1 aromatic rings. The van der Waals surface area contributed by atoms with Crippen LogP contribution in [0.4, 0.5) is 4.79 Å². The highest BCUT2D eigenvalue weighted by Gasteiger charge is 2.35. The minimum Gasteiger partial charge on any atom is -0.481 e. The van der Waals surface area contributed by atoms with Gasteiger partial charge in [-0.05, 0) is 19.8 Å². The molecule has 8 nitrogen and oxygen atoms in total. The van der Waals surface area contributed by atoms with Gasteiger partial charge in [-0.1, -0.05) is 24.4 Å². The third-order valence-corrected chi connectivity index (χ3v) is 3.65. The smallest absolute Gasteiger partial charge is 0.315 e. The van der Waals surface area contributed by atoms with E-state index in [1.165, 1.54) is 0 Å². The highest BCUT2D eigenvalue weighted by Crippen LogP contribution is 2.31. The van der Waals surface area contributed by atoms with Gasteiger partial charge in [-0.2, -0.15) is 4.98 Å². The summed E-state index contributed by atoms with van der Waals surface area (Å²) in [6.45, 7) is 1.81. The summed E-state index contributed by atoms with van der Waals surface area (Å²) < 4.78 is 4.90. The van der Waals surface area contributed by atoms with Crippen LogP contribution in [0.5, 0.6) is 0 Å². The lowest BCUT2D eigenvalue weighted by Crippen LogP contribution is -2.54. The molecule has 0 spiro atoms. The molecule has 0 bridgehead atoms.